The molecule has 2 saturated heterocycles. The number of hydrogen-bond donors (Lipinski definition) is 1. The average Bonchev–Trinajstić information content (AvgIpc) is 3.72. The van der Waals surface area contributed by atoms with Crippen LogP contribution in [-0.4, -0.2) is 136 Å². The van der Waals surface area contributed by atoms with E-state index in [2.05, 4.69) is 5.32 Å². The molecule has 2 amide bonds. The van der Waals surface area contributed by atoms with Gasteiger partial charge < -0.3 is 57.4 Å². The van der Waals surface area contributed by atoms with Gasteiger partial charge in [-0.15, -0.1) is 11.8 Å². The summed E-state index contributed by atoms with van der Waals surface area (Å²) in [4.78, 5) is 42.4. The molecule has 60 heavy (non-hydrogen) atoms. The Hall–Kier alpha value is -4.91. The number of nitrogens with zero attached hydrogens (tertiary/aromatic N) is 1. The minimum Gasteiger partial charge on any atom is -0.493 e. The molecule has 2 fully saturated rings. The Morgan fingerprint density at radius 1 is 0.783 bits per heavy atom. The van der Waals surface area contributed by atoms with Crippen LogP contribution in [0.4, 0.5) is 9.59 Å². The van der Waals surface area contributed by atoms with E-state index < -0.39 is 47.4 Å². The SMILES string of the molecule is COc1cc(C(COC(=O)N2C[C@H](OC(=O)OCC3(c4cc(OC)c(OC)c(OC)c4)CSCCS3)C[C@H]2C(=O)NCCc2ccccc2)(OC)OC)cc(OC)c1OC. The van der Waals surface area contributed by atoms with Crippen LogP contribution < -0.4 is 33.7 Å². The van der Waals surface area contributed by atoms with Crippen molar-refractivity contribution in [1.29, 1.82) is 0 Å². The highest BCUT2D eigenvalue weighted by molar-refractivity contribution is 8.06. The second kappa shape index (κ2) is 21.6. The number of likely N-dealkylation sites (tertiary alicyclic amines) is 1. The van der Waals surface area contributed by atoms with Crippen molar-refractivity contribution in [3.05, 3.63) is 71.3 Å². The molecule has 16 nitrogen and oxygen atoms in total. The number of nitrogens with one attached hydrogen (secondary N) is 1. The number of rotatable bonds is 19. The lowest BCUT2D eigenvalue weighted by atomic mass is 9.99. The van der Waals surface area contributed by atoms with Crippen molar-refractivity contribution < 1.29 is 66.5 Å². The van der Waals surface area contributed by atoms with E-state index in [-0.39, 0.29) is 19.6 Å². The summed E-state index contributed by atoms with van der Waals surface area (Å²) in [6, 6.07) is 15.6. The van der Waals surface area contributed by atoms with Gasteiger partial charge in [0.1, 0.15) is 18.8 Å². The van der Waals surface area contributed by atoms with Crippen LogP contribution in [0.2, 0.25) is 0 Å². The third-order valence-corrected chi connectivity index (χ3v) is 13.4. The number of hydrogen-bond acceptors (Lipinski definition) is 16. The first-order chi connectivity index (χ1) is 29.0. The monoisotopic (exact) mass is 874 g/mol. The maximum Gasteiger partial charge on any atom is 0.508 e. The van der Waals surface area contributed by atoms with Gasteiger partial charge in [-0.05, 0) is 41.8 Å². The van der Waals surface area contributed by atoms with E-state index in [0.717, 1.165) is 22.6 Å². The molecular formula is C42H54N2O14S2. The maximum atomic E-state index is 14.0. The van der Waals surface area contributed by atoms with E-state index in [0.29, 0.717) is 58.8 Å². The summed E-state index contributed by atoms with van der Waals surface area (Å²) in [6.45, 7) is -0.305. The number of methoxy groups -OCH3 is 8. The van der Waals surface area contributed by atoms with Crippen molar-refractivity contribution in [2.24, 2.45) is 0 Å². The molecule has 2 aliphatic heterocycles. The minimum absolute atomic E-state index is 0.00340. The molecule has 3 aromatic carbocycles. The standard InChI is InChI=1S/C42H54N2O14S2/c1-48-32-18-28(19-33(49-2)36(32)52-5)41(26-59-16-17-60-41)24-57-40(47)58-30-22-31(38(45)43-15-14-27-12-10-9-11-13-27)44(23-30)39(46)56-25-42(54-7,55-8)29-20-34(50-3)37(53-6)35(21-29)51-4/h9-13,18-21,30-31H,14-17,22-26H2,1-8H3,(H,43,45)/t30-,31+,41?/m1/s1. The molecule has 0 saturated carbocycles. The Morgan fingerprint density at radius 2 is 1.38 bits per heavy atom. The molecule has 3 aromatic rings. The van der Waals surface area contributed by atoms with E-state index in [1.165, 1.54) is 47.6 Å². The molecule has 2 heterocycles. The molecule has 0 aliphatic carbocycles. The summed E-state index contributed by atoms with van der Waals surface area (Å²) in [5, 5.41) is 2.92. The predicted octanol–water partition coefficient (Wildman–Crippen LogP) is 5.65. The minimum atomic E-state index is -1.63. The fourth-order valence-corrected chi connectivity index (χ4v) is 10.0. The van der Waals surface area contributed by atoms with Crippen LogP contribution in [0, 0.1) is 0 Å². The van der Waals surface area contributed by atoms with Crippen LogP contribution >= 0.6 is 23.5 Å². The van der Waals surface area contributed by atoms with Gasteiger partial charge in [0.25, 0.3) is 0 Å². The van der Waals surface area contributed by atoms with Gasteiger partial charge in [-0.3, -0.25) is 9.69 Å². The number of thioether (sulfide) groups is 2. The number of benzene rings is 3. The van der Waals surface area contributed by atoms with Crippen molar-refractivity contribution in [1.82, 2.24) is 10.2 Å². The lowest BCUT2D eigenvalue weighted by Gasteiger charge is -2.36. The number of carbonyl (C=O) groups excluding carboxylic acids is 3. The molecule has 0 aromatic heterocycles. The second-order valence-electron chi connectivity index (χ2n) is 13.6. The highest BCUT2D eigenvalue weighted by Crippen LogP contribution is 2.49. The van der Waals surface area contributed by atoms with Crippen LogP contribution in [0.3, 0.4) is 0 Å². The molecular weight excluding hydrogens is 821 g/mol. The summed E-state index contributed by atoms with van der Waals surface area (Å²) in [6.07, 6.45) is -2.14. The van der Waals surface area contributed by atoms with Crippen molar-refractivity contribution in [2.45, 2.75) is 35.5 Å². The molecule has 0 radical (unpaired) electrons. The van der Waals surface area contributed by atoms with Gasteiger partial charge >= 0.3 is 12.2 Å². The average molecular weight is 875 g/mol. The first-order valence-electron chi connectivity index (χ1n) is 19.1. The van der Waals surface area contributed by atoms with E-state index >= 15 is 0 Å². The van der Waals surface area contributed by atoms with Gasteiger partial charge in [-0.25, -0.2) is 9.59 Å². The van der Waals surface area contributed by atoms with E-state index in [4.69, 9.17) is 52.1 Å². The van der Waals surface area contributed by atoms with Crippen molar-refractivity contribution >= 4 is 41.7 Å². The third kappa shape index (κ3) is 10.5. The zero-order valence-electron chi connectivity index (χ0n) is 35.2. The molecule has 3 atom stereocenters. The zero-order valence-corrected chi connectivity index (χ0v) is 36.8. The highest BCUT2D eigenvalue weighted by Gasteiger charge is 2.45. The van der Waals surface area contributed by atoms with Crippen LogP contribution in [0.1, 0.15) is 23.1 Å². The normalized spacial score (nSPS) is 18.8. The Labute approximate surface area is 359 Å². The summed E-state index contributed by atoms with van der Waals surface area (Å²) < 4.78 is 61.6. The molecule has 0 bridgehead atoms. The summed E-state index contributed by atoms with van der Waals surface area (Å²) >= 11 is 3.40. The van der Waals surface area contributed by atoms with Gasteiger partial charge in [0.15, 0.2) is 29.6 Å². The van der Waals surface area contributed by atoms with Crippen LogP contribution in [0.5, 0.6) is 34.5 Å². The lowest BCUT2D eigenvalue weighted by Crippen LogP contribution is -2.48. The molecule has 18 heteroatoms. The zero-order chi connectivity index (χ0) is 43.3. The Balaban J connectivity index is 1.33. The van der Waals surface area contributed by atoms with Gasteiger partial charge in [-0.1, -0.05) is 30.3 Å². The molecule has 328 valence electrons. The Morgan fingerprint density at radius 3 is 1.92 bits per heavy atom. The van der Waals surface area contributed by atoms with Crippen LogP contribution in [0.25, 0.3) is 0 Å². The largest absolute Gasteiger partial charge is 0.508 e. The van der Waals surface area contributed by atoms with Crippen LogP contribution in [-0.2, 0) is 45.4 Å². The number of ether oxygens (including phenoxy) is 11. The fourth-order valence-electron chi connectivity index (χ4n) is 7.08. The molecule has 2 aliphatic rings. The second-order valence-corrected chi connectivity index (χ2v) is 16.2. The topological polar surface area (TPSA) is 168 Å². The van der Waals surface area contributed by atoms with Crippen molar-refractivity contribution in [3.8, 4) is 34.5 Å². The van der Waals surface area contributed by atoms with Gasteiger partial charge in [0.05, 0.1) is 54.0 Å². The van der Waals surface area contributed by atoms with Crippen molar-refractivity contribution in [2.75, 3.05) is 100 Å². The quantitative estimate of drug-likeness (QED) is 0.116. The highest BCUT2D eigenvalue weighted by atomic mass is 32.2. The smallest absolute Gasteiger partial charge is 0.493 e. The predicted molar refractivity (Wildman–Crippen MR) is 225 cm³/mol. The molecule has 1 N–H and O–H groups in total. The third-order valence-electron chi connectivity index (χ3n) is 10.3. The maximum absolute atomic E-state index is 14.0. The van der Waals surface area contributed by atoms with Crippen molar-refractivity contribution in [3.63, 3.8) is 0 Å². The van der Waals surface area contributed by atoms with E-state index in [1.54, 1.807) is 49.9 Å². The number of carbonyl (C=O) groups is 3. The first-order valence-corrected chi connectivity index (χ1v) is 21.2. The number of amides is 2. The molecule has 5 rings (SSSR count). The summed E-state index contributed by atoms with van der Waals surface area (Å²) in [7, 11) is 11.8. The molecule has 0 spiro atoms. The lowest BCUT2D eigenvalue weighted by molar-refractivity contribution is -0.236. The summed E-state index contributed by atoms with van der Waals surface area (Å²) in [5.74, 6) is 2.72. The van der Waals surface area contributed by atoms with Crippen LogP contribution in [0.15, 0.2) is 54.6 Å². The molecule has 1 unspecified atom stereocenters. The van der Waals surface area contributed by atoms with E-state index in [1.807, 2.05) is 42.5 Å². The summed E-state index contributed by atoms with van der Waals surface area (Å²) in [5.41, 5.74) is 2.26. The first kappa shape index (κ1) is 46.2. The van der Waals surface area contributed by atoms with Gasteiger partial charge in [0.2, 0.25) is 23.2 Å². The van der Waals surface area contributed by atoms with E-state index in [9.17, 15) is 14.4 Å². The van der Waals surface area contributed by atoms with Gasteiger partial charge in [0, 0.05) is 50.0 Å². The Bertz CT molecular complexity index is 1860. The Kier molecular flexibility index (Phi) is 16.6. The fraction of sp³-hybridized carbons (Fsp3) is 0.500. The van der Waals surface area contributed by atoms with Gasteiger partial charge in [-0.2, -0.15) is 11.8 Å².